The summed E-state index contributed by atoms with van der Waals surface area (Å²) in [5, 5.41) is 9.68. The second-order valence-corrected chi connectivity index (χ2v) is 6.94. The average molecular weight is 397 g/mol. The normalized spacial score (nSPS) is 11.8. The van der Waals surface area contributed by atoms with Crippen molar-refractivity contribution in [1.29, 1.82) is 0 Å². The van der Waals surface area contributed by atoms with E-state index in [4.69, 9.17) is 19.7 Å². The quantitative estimate of drug-likeness (QED) is 0.474. The van der Waals surface area contributed by atoms with E-state index >= 15 is 0 Å². The Hall–Kier alpha value is -3.57. The topological polar surface area (TPSA) is 68.1 Å². The molecule has 1 heterocycles. The van der Waals surface area contributed by atoms with Gasteiger partial charge in [0, 0.05) is 16.7 Å². The molecule has 5 heteroatoms. The molecule has 1 atom stereocenters. The van der Waals surface area contributed by atoms with Gasteiger partial charge in [-0.15, -0.1) is 0 Å². The first kappa shape index (κ1) is 19.7. The van der Waals surface area contributed by atoms with Gasteiger partial charge in [-0.2, -0.15) is 0 Å². The van der Waals surface area contributed by atoms with Gasteiger partial charge in [0.1, 0.15) is 12.4 Å². The van der Waals surface area contributed by atoms with Gasteiger partial charge in [0.25, 0.3) is 0 Å². The number of aliphatic hydroxyl groups is 1. The summed E-state index contributed by atoms with van der Waals surface area (Å²) in [4.78, 5) is 14.1. The number of hydrogen-bond donors (Lipinski definition) is 1. The van der Waals surface area contributed by atoms with E-state index in [-0.39, 0.29) is 6.61 Å². The van der Waals surface area contributed by atoms with Crippen LogP contribution >= 0.6 is 0 Å². The third-order valence-corrected chi connectivity index (χ3v) is 4.73. The lowest BCUT2D eigenvalue weighted by molar-refractivity contribution is 0.104. The second-order valence-electron chi connectivity index (χ2n) is 6.94. The number of benzene rings is 3. The summed E-state index contributed by atoms with van der Waals surface area (Å²) in [6.07, 6.45) is 0.197. The molecular weight excluding hydrogens is 374 g/mol. The maximum absolute atomic E-state index is 9.68. The Bertz CT molecular complexity index is 1030. The molecular formula is C25H23N3O2. The van der Waals surface area contributed by atoms with Gasteiger partial charge in [-0.25, -0.2) is 15.0 Å². The second kappa shape index (κ2) is 9.29. The van der Waals surface area contributed by atoms with Crippen LogP contribution in [0.2, 0.25) is 0 Å². The smallest absolute Gasteiger partial charge is 0.164 e. The van der Waals surface area contributed by atoms with Crippen molar-refractivity contribution in [1.82, 2.24) is 15.0 Å². The van der Waals surface area contributed by atoms with Crippen LogP contribution in [-0.4, -0.2) is 32.8 Å². The molecule has 0 fully saturated rings. The maximum atomic E-state index is 9.68. The van der Waals surface area contributed by atoms with E-state index in [9.17, 15) is 5.11 Å². The fraction of sp³-hybridized carbons (Fsp3) is 0.160. The molecule has 0 saturated carbocycles. The Morgan fingerprint density at radius 2 is 1.10 bits per heavy atom. The Labute approximate surface area is 176 Å². The van der Waals surface area contributed by atoms with E-state index in [0.29, 0.717) is 29.6 Å². The maximum Gasteiger partial charge on any atom is 0.164 e. The highest BCUT2D eigenvalue weighted by molar-refractivity contribution is 5.66. The number of ether oxygens (including phenoxy) is 1. The molecule has 5 nitrogen and oxygen atoms in total. The molecule has 1 N–H and O–H groups in total. The first-order chi connectivity index (χ1) is 14.7. The van der Waals surface area contributed by atoms with Gasteiger partial charge in [0.2, 0.25) is 0 Å². The number of aromatic nitrogens is 3. The predicted octanol–water partition coefficient (Wildman–Crippen LogP) is 5.02. The van der Waals surface area contributed by atoms with Gasteiger partial charge < -0.3 is 9.84 Å². The molecule has 30 heavy (non-hydrogen) atoms. The molecule has 0 bridgehead atoms. The zero-order chi connectivity index (χ0) is 20.8. The zero-order valence-electron chi connectivity index (χ0n) is 16.8. The molecule has 0 saturated heterocycles. The van der Waals surface area contributed by atoms with Crippen LogP contribution in [0.3, 0.4) is 0 Å². The number of rotatable bonds is 7. The molecule has 4 rings (SSSR count). The molecule has 0 aliphatic rings. The molecule has 0 amide bonds. The highest BCUT2D eigenvalue weighted by Crippen LogP contribution is 2.25. The van der Waals surface area contributed by atoms with E-state index in [0.717, 1.165) is 16.7 Å². The van der Waals surface area contributed by atoms with E-state index < -0.39 is 6.10 Å². The number of nitrogens with zero attached hydrogens (tertiary/aromatic N) is 3. The lowest BCUT2D eigenvalue weighted by Crippen LogP contribution is -2.15. The minimum absolute atomic E-state index is 0.276. The average Bonchev–Trinajstić information content (AvgIpc) is 2.83. The number of aliphatic hydroxyl groups excluding tert-OH is 1. The molecule has 0 aliphatic heterocycles. The van der Waals surface area contributed by atoms with Gasteiger partial charge in [-0.1, -0.05) is 67.6 Å². The fourth-order valence-electron chi connectivity index (χ4n) is 2.95. The predicted molar refractivity (Wildman–Crippen MR) is 118 cm³/mol. The molecule has 1 aromatic heterocycles. The van der Waals surface area contributed by atoms with Gasteiger partial charge in [0.05, 0.1) is 6.10 Å². The van der Waals surface area contributed by atoms with Crippen molar-refractivity contribution >= 4 is 0 Å². The summed E-state index contributed by atoms with van der Waals surface area (Å²) in [5.74, 6) is 2.56. The molecule has 3 aromatic carbocycles. The molecule has 0 radical (unpaired) electrons. The molecule has 150 valence electrons. The van der Waals surface area contributed by atoms with Crippen LogP contribution in [0.1, 0.15) is 13.3 Å². The van der Waals surface area contributed by atoms with E-state index in [1.807, 2.05) is 91.9 Å². The van der Waals surface area contributed by atoms with Gasteiger partial charge in [0.15, 0.2) is 17.5 Å². The van der Waals surface area contributed by atoms with Crippen molar-refractivity contribution in [2.75, 3.05) is 6.61 Å². The third kappa shape index (κ3) is 4.70. The molecule has 0 spiro atoms. The Kier molecular flexibility index (Phi) is 6.11. The molecule has 1 unspecified atom stereocenters. The minimum Gasteiger partial charge on any atom is -0.491 e. The van der Waals surface area contributed by atoms with Gasteiger partial charge in [-0.05, 0) is 30.7 Å². The summed E-state index contributed by atoms with van der Waals surface area (Å²) in [6.45, 7) is 2.20. The van der Waals surface area contributed by atoms with Crippen molar-refractivity contribution in [2.45, 2.75) is 19.4 Å². The van der Waals surface area contributed by atoms with Crippen molar-refractivity contribution in [3.05, 3.63) is 84.9 Å². The molecule has 0 aliphatic carbocycles. The van der Waals surface area contributed by atoms with Crippen molar-refractivity contribution < 1.29 is 9.84 Å². The van der Waals surface area contributed by atoms with Crippen LogP contribution in [0.25, 0.3) is 34.2 Å². The standard InChI is InChI=1S/C25H23N3O2/c1-2-21(29)17-30-22-15-13-20(14-16-22)25-27-23(18-9-5-3-6-10-18)26-24(28-25)19-11-7-4-8-12-19/h3-16,21,29H,2,17H2,1H3. The Balaban J connectivity index is 1.70. The van der Waals surface area contributed by atoms with Crippen LogP contribution in [0.5, 0.6) is 5.75 Å². The number of hydrogen-bond acceptors (Lipinski definition) is 5. The van der Waals surface area contributed by atoms with Crippen LogP contribution in [0, 0.1) is 0 Å². The van der Waals surface area contributed by atoms with Crippen molar-refractivity contribution in [3.63, 3.8) is 0 Å². The van der Waals surface area contributed by atoms with Gasteiger partial charge >= 0.3 is 0 Å². The summed E-state index contributed by atoms with van der Waals surface area (Å²) in [5.41, 5.74) is 2.74. The Morgan fingerprint density at radius 1 is 0.667 bits per heavy atom. The summed E-state index contributed by atoms with van der Waals surface area (Å²) < 4.78 is 5.63. The Morgan fingerprint density at radius 3 is 1.53 bits per heavy atom. The largest absolute Gasteiger partial charge is 0.491 e. The zero-order valence-corrected chi connectivity index (χ0v) is 16.8. The van der Waals surface area contributed by atoms with Crippen molar-refractivity contribution in [3.8, 4) is 39.9 Å². The van der Waals surface area contributed by atoms with Crippen LogP contribution < -0.4 is 4.74 Å². The lowest BCUT2D eigenvalue weighted by atomic mass is 10.1. The van der Waals surface area contributed by atoms with Crippen LogP contribution in [0.15, 0.2) is 84.9 Å². The lowest BCUT2D eigenvalue weighted by Gasteiger charge is -2.11. The first-order valence-corrected chi connectivity index (χ1v) is 10.0. The highest BCUT2D eigenvalue weighted by atomic mass is 16.5. The monoisotopic (exact) mass is 397 g/mol. The SMILES string of the molecule is CCC(O)COc1ccc(-c2nc(-c3ccccc3)nc(-c3ccccc3)n2)cc1. The minimum atomic E-state index is -0.463. The van der Waals surface area contributed by atoms with Crippen LogP contribution in [-0.2, 0) is 0 Å². The van der Waals surface area contributed by atoms with E-state index in [2.05, 4.69) is 0 Å². The van der Waals surface area contributed by atoms with Crippen LogP contribution in [0.4, 0.5) is 0 Å². The van der Waals surface area contributed by atoms with E-state index in [1.54, 1.807) is 0 Å². The highest BCUT2D eigenvalue weighted by Gasteiger charge is 2.12. The summed E-state index contributed by atoms with van der Waals surface area (Å²) in [6, 6.07) is 27.4. The summed E-state index contributed by atoms with van der Waals surface area (Å²) >= 11 is 0. The first-order valence-electron chi connectivity index (χ1n) is 10.0. The fourth-order valence-corrected chi connectivity index (χ4v) is 2.95. The van der Waals surface area contributed by atoms with E-state index in [1.165, 1.54) is 0 Å². The summed E-state index contributed by atoms with van der Waals surface area (Å²) in [7, 11) is 0. The third-order valence-electron chi connectivity index (χ3n) is 4.73. The molecule has 4 aromatic rings. The van der Waals surface area contributed by atoms with Crippen molar-refractivity contribution in [2.24, 2.45) is 0 Å². The van der Waals surface area contributed by atoms with Gasteiger partial charge in [-0.3, -0.25) is 0 Å².